The summed E-state index contributed by atoms with van der Waals surface area (Å²) in [7, 11) is -3.94. The van der Waals surface area contributed by atoms with E-state index in [4.69, 9.17) is 39.2 Å². The second kappa shape index (κ2) is 13.3. The summed E-state index contributed by atoms with van der Waals surface area (Å²) in [5.74, 6) is -1.42. The monoisotopic (exact) mass is 632 g/mol. The largest absolute Gasteiger partial charge is 0.459 e. The first-order chi connectivity index (χ1) is 19.5. The Bertz CT molecular complexity index is 1710. The number of hydrogen-bond donors (Lipinski definition) is 2. The van der Waals surface area contributed by atoms with Gasteiger partial charge >= 0.3 is 11.8 Å². The Hall–Kier alpha value is -3.67. The number of amides is 2. The molecule has 0 bridgehead atoms. The zero-order valence-electron chi connectivity index (χ0n) is 21.5. The smallest absolute Gasteiger partial charge is 0.329 e. The van der Waals surface area contributed by atoms with E-state index < -0.39 is 21.8 Å². The molecule has 13 heteroatoms. The van der Waals surface area contributed by atoms with Crippen LogP contribution in [0.25, 0.3) is 0 Å². The summed E-state index contributed by atoms with van der Waals surface area (Å²) < 4.78 is 34.1. The Morgan fingerprint density at radius 3 is 2.37 bits per heavy atom. The van der Waals surface area contributed by atoms with Crippen molar-refractivity contribution >= 4 is 68.5 Å². The molecule has 212 valence electrons. The van der Waals surface area contributed by atoms with Crippen LogP contribution in [0.3, 0.4) is 0 Å². The molecule has 4 rings (SSSR count). The van der Waals surface area contributed by atoms with E-state index in [9.17, 15) is 18.0 Å². The number of furan rings is 1. The predicted molar refractivity (Wildman–Crippen MR) is 159 cm³/mol. The molecular formula is C28H23Cl3N4O5S. The van der Waals surface area contributed by atoms with E-state index in [-0.39, 0.29) is 23.7 Å². The minimum absolute atomic E-state index is 0.00494. The summed E-state index contributed by atoms with van der Waals surface area (Å²) in [5, 5.41) is 7.20. The van der Waals surface area contributed by atoms with Crippen molar-refractivity contribution in [3.63, 3.8) is 0 Å². The molecule has 0 saturated carbocycles. The summed E-state index contributed by atoms with van der Waals surface area (Å²) >= 11 is 18.1. The second-order valence-electron chi connectivity index (χ2n) is 8.80. The first-order valence-corrected chi connectivity index (χ1v) is 14.6. The standard InChI is InChI=1S/C28H23Cl3N4O5S/c1-18-5-10-24(11-6-18)41(38,39)35(16-19-7-12-25(30)26(31)13-19)17-23-9-8-22(40-23)15-32-34-28(37)27(36)33-21-4-2-3-20(29)14-21/h2-15H,16-17H2,1H3,(H,33,36)(H,34,37)/b32-15+. The van der Waals surface area contributed by atoms with Crippen LogP contribution in [0, 0.1) is 6.92 Å². The second-order valence-corrected chi connectivity index (χ2v) is 12.0. The van der Waals surface area contributed by atoms with Crippen LogP contribution in [0.15, 0.2) is 93.3 Å². The lowest BCUT2D eigenvalue weighted by Gasteiger charge is -2.22. The maximum atomic E-state index is 13.6. The number of nitrogens with one attached hydrogen (secondary N) is 2. The Morgan fingerprint density at radius 1 is 0.902 bits per heavy atom. The number of benzene rings is 3. The van der Waals surface area contributed by atoms with Crippen LogP contribution in [0.1, 0.15) is 22.6 Å². The van der Waals surface area contributed by atoms with Gasteiger partial charge in [-0.2, -0.15) is 9.41 Å². The van der Waals surface area contributed by atoms with Gasteiger partial charge in [0, 0.05) is 17.3 Å². The molecule has 0 atom stereocenters. The first-order valence-electron chi connectivity index (χ1n) is 12.0. The van der Waals surface area contributed by atoms with E-state index in [2.05, 4.69) is 15.8 Å². The van der Waals surface area contributed by atoms with Crippen LogP contribution in [0.2, 0.25) is 15.1 Å². The van der Waals surface area contributed by atoms with Crippen molar-refractivity contribution in [1.82, 2.24) is 9.73 Å². The van der Waals surface area contributed by atoms with Crippen LogP contribution in [0.5, 0.6) is 0 Å². The number of carbonyl (C=O) groups is 2. The fourth-order valence-electron chi connectivity index (χ4n) is 3.61. The minimum atomic E-state index is -3.94. The van der Waals surface area contributed by atoms with E-state index in [1.807, 2.05) is 6.92 Å². The third kappa shape index (κ3) is 8.18. The lowest BCUT2D eigenvalue weighted by molar-refractivity contribution is -0.136. The van der Waals surface area contributed by atoms with Crippen LogP contribution in [-0.2, 0) is 32.7 Å². The molecule has 0 fully saturated rings. The number of hydrogen-bond acceptors (Lipinski definition) is 6. The Morgan fingerprint density at radius 2 is 1.66 bits per heavy atom. The van der Waals surface area contributed by atoms with Crippen molar-refractivity contribution < 1.29 is 22.4 Å². The summed E-state index contributed by atoms with van der Waals surface area (Å²) in [6.07, 6.45) is 1.19. The third-order valence-electron chi connectivity index (χ3n) is 5.66. The van der Waals surface area contributed by atoms with Crippen molar-refractivity contribution in [3.8, 4) is 0 Å². The van der Waals surface area contributed by atoms with Gasteiger partial charge in [0.2, 0.25) is 10.0 Å². The van der Waals surface area contributed by atoms with Crippen LogP contribution < -0.4 is 10.7 Å². The van der Waals surface area contributed by atoms with Gasteiger partial charge in [0.15, 0.2) is 0 Å². The zero-order valence-corrected chi connectivity index (χ0v) is 24.6. The fraction of sp³-hybridized carbons (Fsp3) is 0.107. The molecule has 0 unspecified atom stereocenters. The quantitative estimate of drug-likeness (QED) is 0.133. The van der Waals surface area contributed by atoms with Crippen molar-refractivity contribution in [1.29, 1.82) is 0 Å². The van der Waals surface area contributed by atoms with Gasteiger partial charge < -0.3 is 9.73 Å². The van der Waals surface area contributed by atoms with Gasteiger partial charge in [-0.3, -0.25) is 9.59 Å². The van der Waals surface area contributed by atoms with Gasteiger partial charge in [0.25, 0.3) is 0 Å². The third-order valence-corrected chi connectivity index (χ3v) is 8.44. The molecule has 0 aliphatic carbocycles. The zero-order chi connectivity index (χ0) is 29.6. The highest BCUT2D eigenvalue weighted by molar-refractivity contribution is 7.89. The van der Waals surface area contributed by atoms with Gasteiger partial charge in [-0.25, -0.2) is 13.8 Å². The molecule has 2 N–H and O–H groups in total. The summed E-state index contributed by atoms with van der Waals surface area (Å²) in [4.78, 5) is 24.3. The molecule has 3 aromatic carbocycles. The van der Waals surface area contributed by atoms with Crippen LogP contribution in [0.4, 0.5) is 5.69 Å². The van der Waals surface area contributed by atoms with Crippen molar-refractivity contribution in [2.24, 2.45) is 5.10 Å². The SMILES string of the molecule is Cc1ccc(S(=O)(=O)N(Cc2ccc(Cl)c(Cl)c2)Cc2ccc(/C=N/NC(=O)C(=O)Nc3cccc(Cl)c3)o2)cc1. The van der Waals surface area contributed by atoms with Gasteiger partial charge in [0.1, 0.15) is 11.5 Å². The topological polar surface area (TPSA) is 121 Å². The van der Waals surface area contributed by atoms with Gasteiger partial charge in [0.05, 0.1) is 27.7 Å². The summed E-state index contributed by atoms with van der Waals surface area (Å²) in [6.45, 7) is 1.75. The molecule has 0 radical (unpaired) electrons. The Kier molecular flexibility index (Phi) is 9.85. The summed E-state index contributed by atoms with van der Waals surface area (Å²) in [6, 6.07) is 20.9. The van der Waals surface area contributed by atoms with Crippen molar-refractivity contribution in [3.05, 3.63) is 117 Å². The minimum Gasteiger partial charge on any atom is -0.459 e. The maximum Gasteiger partial charge on any atom is 0.329 e. The highest BCUT2D eigenvalue weighted by Crippen LogP contribution is 2.26. The number of aryl methyl sites for hydroxylation is 1. The molecule has 0 saturated heterocycles. The van der Waals surface area contributed by atoms with Gasteiger partial charge in [-0.1, -0.05) is 64.6 Å². The van der Waals surface area contributed by atoms with E-state index in [1.54, 1.807) is 60.7 Å². The van der Waals surface area contributed by atoms with Crippen LogP contribution in [-0.4, -0.2) is 30.8 Å². The first kappa shape index (κ1) is 30.3. The van der Waals surface area contributed by atoms with Gasteiger partial charge in [-0.05, 0) is 67.1 Å². The number of carbonyl (C=O) groups excluding carboxylic acids is 2. The highest BCUT2D eigenvalue weighted by atomic mass is 35.5. The Balaban J connectivity index is 1.46. The fourth-order valence-corrected chi connectivity index (χ4v) is 5.51. The summed E-state index contributed by atoms with van der Waals surface area (Å²) in [5.41, 5.74) is 4.00. The molecule has 1 aromatic heterocycles. The molecular weight excluding hydrogens is 611 g/mol. The lowest BCUT2D eigenvalue weighted by atomic mass is 10.2. The number of halogens is 3. The molecule has 0 spiro atoms. The average molecular weight is 634 g/mol. The van der Waals surface area contributed by atoms with Crippen molar-refractivity contribution in [2.45, 2.75) is 24.9 Å². The number of nitrogens with zero attached hydrogens (tertiary/aromatic N) is 2. The van der Waals surface area contributed by atoms with E-state index >= 15 is 0 Å². The molecule has 9 nitrogen and oxygen atoms in total. The van der Waals surface area contributed by atoms with Gasteiger partial charge in [-0.15, -0.1) is 0 Å². The predicted octanol–water partition coefficient (Wildman–Crippen LogP) is 6.03. The van der Waals surface area contributed by atoms with E-state index in [0.717, 1.165) is 5.56 Å². The molecule has 4 aromatic rings. The van der Waals surface area contributed by atoms with Crippen molar-refractivity contribution in [2.75, 3.05) is 5.32 Å². The molecule has 0 aliphatic heterocycles. The molecule has 1 heterocycles. The maximum absolute atomic E-state index is 13.6. The molecule has 2 amide bonds. The number of rotatable bonds is 9. The van der Waals surface area contributed by atoms with E-state index in [1.165, 1.54) is 28.7 Å². The Labute approximate surface area is 251 Å². The number of sulfonamides is 1. The number of hydrazone groups is 1. The normalized spacial score (nSPS) is 11.6. The lowest BCUT2D eigenvalue weighted by Crippen LogP contribution is -2.32. The van der Waals surface area contributed by atoms with E-state index in [0.29, 0.717) is 32.1 Å². The highest BCUT2D eigenvalue weighted by Gasteiger charge is 2.26. The average Bonchev–Trinajstić information content (AvgIpc) is 3.37. The number of anilines is 1. The van der Waals surface area contributed by atoms with Crippen LogP contribution >= 0.6 is 34.8 Å². The molecule has 0 aliphatic rings. The molecule has 41 heavy (non-hydrogen) atoms.